The Morgan fingerprint density at radius 2 is 2.20 bits per heavy atom. The first kappa shape index (κ1) is 7.58. The van der Waals surface area contributed by atoms with Crippen LogP contribution in [0.15, 0.2) is 5.16 Å². The van der Waals surface area contributed by atoms with Gasteiger partial charge in [-0.25, -0.2) is 0 Å². The molecular formula is C8H15NO. The lowest BCUT2D eigenvalue weighted by Crippen LogP contribution is -2.05. The molecule has 0 amide bonds. The highest BCUT2D eigenvalue weighted by molar-refractivity contribution is 5.88. The van der Waals surface area contributed by atoms with Crippen LogP contribution in [0.1, 0.15) is 33.1 Å². The molecule has 1 aliphatic rings. The van der Waals surface area contributed by atoms with Crippen LogP contribution in [0.4, 0.5) is 0 Å². The van der Waals surface area contributed by atoms with Gasteiger partial charge in [0.05, 0.1) is 5.71 Å². The molecule has 2 nitrogen and oxygen atoms in total. The van der Waals surface area contributed by atoms with E-state index >= 15 is 0 Å². The highest BCUT2D eigenvalue weighted by Crippen LogP contribution is 2.32. The summed E-state index contributed by atoms with van der Waals surface area (Å²) < 4.78 is 0. The summed E-state index contributed by atoms with van der Waals surface area (Å²) in [4.78, 5) is 0. The van der Waals surface area contributed by atoms with E-state index in [-0.39, 0.29) is 0 Å². The minimum absolute atomic E-state index is 0.617. The first-order chi connectivity index (χ1) is 4.74. The van der Waals surface area contributed by atoms with Crippen molar-refractivity contribution in [3.05, 3.63) is 0 Å². The first-order valence-electron chi connectivity index (χ1n) is 3.95. The fourth-order valence-electron chi connectivity index (χ4n) is 1.12. The average Bonchev–Trinajstić information content (AvgIpc) is 2.63. The molecule has 0 aliphatic heterocycles. The molecule has 1 saturated carbocycles. The standard InChI is InChI=1S/C8H15NO/c1-6(2)5-8(9-10)7-3-4-7/h6-7,10H,3-5H2,1-2H3. The van der Waals surface area contributed by atoms with Crippen LogP contribution in [0.3, 0.4) is 0 Å². The van der Waals surface area contributed by atoms with Gasteiger partial charge in [0.1, 0.15) is 0 Å². The van der Waals surface area contributed by atoms with Crippen LogP contribution in [0, 0.1) is 11.8 Å². The van der Waals surface area contributed by atoms with Crippen molar-refractivity contribution in [2.45, 2.75) is 33.1 Å². The van der Waals surface area contributed by atoms with Gasteiger partial charge in [0, 0.05) is 5.92 Å². The Morgan fingerprint density at radius 1 is 1.60 bits per heavy atom. The van der Waals surface area contributed by atoms with Crippen molar-refractivity contribution in [1.82, 2.24) is 0 Å². The molecule has 1 rings (SSSR count). The van der Waals surface area contributed by atoms with Crippen LogP contribution in [0.25, 0.3) is 0 Å². The molecule has 1 N–H and O–H groups in total. The summed E-state index contributed by atoms with van der Waals surface area (Å²) in [7, 11) is 0. The summed E-state index contributed by atoms with van der Waals surface area (Å²) in [5, 5.41) is 11.9. The van der Waals surface area contributed by atoms with E-state index < -0.39 is 0 Å². The molecule has 2 heteroatoms. The molecule has 0 bridgehead atoms. The average molecular weight is 141 g/mol. The maximum Gasteiger partial charge on any atom is 0.0604 e. The van der Waals surface area contributed by atoms with E-state index in [0.29, 0.717) is 11.8 Å². The smallest absolute Gasteiger partial charge is 0.0604 e. The van der Waals surface area contributed by atoms with Gasteiger partial charge in [-0.05, 0) is 25.2 Å². The summed E-state index contributed by atoms with van der Waals surface area (Å²) in [6, 6.07) is 0. The zero-order valence-electron chi connectivity index (χ0n) is 6.67. The Labute approximate surface area is 61.9 Å². The van der Waals surface area contributed by atoms with Gasteiger partial charge in [0.2, 0.25) is 0 Å². The summed E-state index contributed by atoms with van der Waals surface area (Å²) in [5.74, 6) is 1.24. The van der Waals surface area contributed by atoms with Crippen LogP contribution in [0.5, 0.6) is 0 Å². The fourth-order valence-corrected chi connectivity index (χ4v) is 1.12. The van der Waals surface area contributed by atoms with Crippen LogP contribution in [-0.2, 0) is 0 Å². The molecular weight excluding hydrogens is 126 g/mol. The molecule has 0 aromatic rings. The lowest BCUT2D eigenvalue weighted by molar-refractivity contribution is 0.314. The second-order valence-corrected chi connectivity index (χ2v) is 3.46. The van der Waals surface area contributed by atoms with Crippen molar-refractivity contribution < 1.29 is 5.21 Å². The highest BCUT2D eigenvalue weighted by Gasteiger charge is 2.27. The van der Waals surface area contributed by atoms with E-state index in [2.05, 4.69) is 19.0 Å². The molecule has 10 heavy (non-hydrogen) atoms. The predicted octanol–water partition coefficient (Wildman–Crippen LogP) is 2.27. The van der Waals surface area contributed by atoms with Gasteiger partial charge in [0.15, 0.2) is 0 Å². The van der Waals surface area contributed by atoms with Crippen molar-refractivity contribution in [2.75, 3.05) is 0 Å². The molecule has 0 aromatic heterocycles. The molecule has 0 spiro atoms. The summed E-state index contributed by atoms with van der Waals surface area (Å²) in [6.07, 6.45) is 3.42. The minimum Gasteiger partial charge on any atom is -0.411 e. The Kier molecular flexibility index (Phi) is 2.30. The quantitative estimate of drug-likeness (QED) is 0.365. The molecule has 58 valence electrons. The molecule has 1 fully saturated rings. The number of nitrogens with zero attached hydrogens (tertiary/aromatic N) is 1. The van der Waals surface area contributed by atoms with Crippen molar-refractivity contribution in [2.24, 2.45) is 17.0 Å². The second kappa shape index (κ2) is 3.04. The maximum absolute atomic E-state index is 8.57. The minimum atomic E-state index is 0.617. The Balaban J connectivity index is 2.34. The van der Waals surface area contributed by atoms with Crippen LogP contribution in [-0.4, -0.2) is 10.9 Å². The van der Waals surface area contributed by atoms with Crippen LogP contribution < -0.4 is 0 Å². The monoisotopic (exact) mass is 141 g/mol. The third-order valence-electron chi connectivity index (χ3n) is 1.79. The number of hydrogen-bond acceptors (Lipinski definition) is 2. The van der Waals surface area contributed by atoms with Crippen molar-refractivity contribution in [1.29, 1.82) is 0 Å². The van der Waals surface area contributed by atoms with E-state index in [1.807, 2.05) is 0 Å². The summed E-state index contributed by atoms with van der Waals surface area (Å²) >= 11 is 0. The Morgan fingerprint density at radius 3 is 2.50 bits per heavy atom. The number of rotatable bonds is 3. The zero-order valence-corrected chi connectivity index (χ0v) is 6.67. The number of hydrogen-bond donors (Lipinski definition) is 1. The van der Waals surface area contributed by atoms with Crippen LogP contribution >= 0.6 is 0 Å². The van der Waals surface area contributed by atoms with Crippen LogP contribution in [0.2, 0.25) is 0 Å². The molecule has 0 radical (unpaired) electrons. The van der Waals surface area contributed by atoms with E-state index in [9.17, 15) is 0 Å². The zero-order chi connectivity index (χ0) is 7.56. The SMILES string of the molecule is CC(C)CC(=NO)C1CC1. The largest absolute Gasteiger partial charge is 0.411 e. The van der Waals surface area contributed by atoms with E-state index in [0.717, 1.165) is 12.1 Å². The third kappa shape index (κ3) is 2.01. The predicted molar refractivity (Wildman–Crippen MR) is 41.4 cm³/mol. The normalized spacial score (nSPS) is 20.1. The van der Waals surface area contributed by atoms with E-state index in [4.69, 9.17) is 5.21 Å². The van der Waals surface area contributed by atoms with E-state index in [1.54, 1.807) is 0 Å². The van der Waals surface area contributed by atoms with Gasteiger partial charge in [-0.15, -0.1) is 0 Å². The number of oxime groups is 1. The first-order valence-corrected chi connectivity index (χ1v) is 3.95. The van der Waals surface area contributed by atoms with E-state index in [1.165, 1.54) is 12.8 Å². The molecule has 0 heterocycles. The lowest BCUT2D eigenvalue weighted by Gasteiger charge is -2.04. The summed E-state index contributed by atoms with van der Waals surface area (Å²) in [5.41, 5.74) is 1.01. The van der Waals surface area contributed by atoms with Gasteiger partial charge in [-0.3, -0.25) is 0 Å². The molecule has 0 atom stereocenters. The Hall–Kier alpha value is -0.530. The maximum atomic E-state index is 8.57. The van der Waals surface area contributed by atoms with Gasteiger partial charge in [-0.2, -0.15) is 0 Å². The van der Waals surface area contributed by atoms with Crippen molar-refractivity contribution in [3.63, 3.8) is 0 Å². The van der Waals surface area contributed by atoms with Gasteiger partial charge >= 0.3 is 0 Å². The van der Waals surface area contributed by atoms with Gasteiger partial charge in [-0.1, -0.05) is 19.0 Å². The lowest BCUT2D eigenvalue weighted by atomic mass is 10.0. The summed E-state index contributed by atoms with van der Waals surface area (Å²) in [6.45, 7) is 4.29. The highest BCUT2D eigenvalue weighted by atomic mass is 16.4. The fraction of sp³-hybridized carbons (Fsp3) is 0.875. The topological polar surface area (TPSA) is 32.6 Å². The molecule has 1 aliphatic carbocycles. The van der Waals surface area contributed by atoms with Gasteiger partial charge in [0.25, 0.3) is 0 Å². The Bertz CT molecular complexity index is 136. The van der Waals surface area contributed by atoms with Crippen molar-refractivity contribution in [3.8, 4) is 0 Å². The third-order valence-corrected chi connectivity index (χ3v) is 1.79. The van der Waals surface area contributed by atoms with Gasteiger partial charge < -0.3 is 5.21 Å². The second-order valence-electron chi connectivity index (χ2n) is 3.46. The van der Waals surface area contributed by atoms with Crippen molar-refractivity contribution >= 4 is 5.71 Å². The molecule has 0 saturated heterocycles. The molecule has 0 aromatic carbocycles. The molecule has 0 unspecified atom stereocenters.